The van der Waals surface area contributed by atoms with Crippen LogP contribution in [0.2, 0.25) is 0 Å². The molecule has 1 aliphatic carbocycles. The second-order valence-corrected chi connectivity index (χ2v) is 7.01. The number of hydrogen-bond acceptors (Lipinski definition) is 2. The minimum absolute atomic E-state index is 0.547. The van der Waals surface area contributed by atoms with Gasteiger partial charge in [0, 0.05) is 19.3 Å². The summed E-state index contributed by atoms with van der Waals surface area (Å²) in [6, 6.07) is 0.732. The van der Waals surface area contributed by atoms with Crippen LogP contribution < -0.4 is 5.32 Å². The van der Waals surface area contributed by atoms with Crippen LogP contribution in [-0.4, -0.2) is 25.8 Å². The van der Waals surface area contributed by atoms with Crippen molar-refractivity contribution in [3.63, 3.8) is 0 Å². The first-order chi connectivity index (χ1) is 9.24. The normalized spacial score (nSPS) is 26.2. The lowest BCUT2D eigenvalue weighted by Gasteiger charge is -2.43. The molecule has 1 N–H and O–H groups in total. The van der Waals surface area contributed by atoms with E-state index in [1.165, 1.54) is 64.3 Å². The fourth-order valence-electron chi connectivity index (χ4n) is 3.96. The van der Waals surface area contributed by atoms with Crippen LogP contribution in [0.5, 0.6) is 0 Å². The van der Waals surface area contributed by atoms with Gasteiger partial charge in [-0.05, 0) is 56.4 Å². The molecule has 0 aromatic carbocycles. The van der Waals surface area contributed by atoms with Crippen LogP contribution in [0.4, 0.5) is 0 Å². The van der Waals surface area contributed by atoms with E-state index in [4.69, 9.17) is 4.74 Å². The molecule has 0 amide bonds. The topological polar surface area (TPSA) is 21.3 Å². The van der Waals surface area contributed by atoms with Crippen molar-refractivity contribution >= 4 is 0 Å². The van der Waals surface area contributed by atoms with E-state index < -0.39 is 0 Å². The number of nitrogens with one attached hydrogen (secondary N) is 1. The van der Waals surface area contributed by atoms with E-state index in [2.05, 4.69) is 19.2 Å². The molecule has 1 saturated heterocycles. The molecular formula is C17H33NO. The molecule has 0 spiro atoms. The van der Waals surface area contributed by atoms with Gasteiger partial charge >= 0.3 is 0 Å². The molecule has 0 bridgehead atoms. The van der Waals surface area contributed by atoms with Crippen LogP contribution in [0.1, 0.15) is 71.6 Å². The number of hydrogen-bond donors (Lipinski definition) is 1. The summed E-state index contributed by atoms with van der Waals surface area (Å²) in [5.41, 5.74) is 0.547. The van der Waals surface area contributed by atoms with Gasteiger partial charge in [0.15, 0.2) is 0 Å². The summed E-state index contributed by atoms with van der Waals surface area (Å²) >= 11 is 0. The fraction of sp³-hybridized carbons (Fsp3) is 1.00. The van der Waals surface area contributed by atoms with E-state index in [1.54, 1.807) is 0 Å². The SMILES string of the molecule is CCCNC(CC1CCOCC1)C1(C)CCCCC1. The molecule has 2 fully saturated rings. The second-order valence-electron chi connectivity index (χ2n) is 7.01. The molecule has 1 aliphatic heterocycles. The average Bonchev–Trinajstić information content (AvgIpc) is 2.45. The molecule has 2 nitrogen and oxygen atoms in total. The molecule has 0 aromatic heterocycles. The number of rotatable bonds is 6. The Labute approximate surface area is 119 Å². The van der Waals surface area contributed by atoms with Gasteiger partial charge in [0.1, 0.15) is 0 Å². The summed E-state index contributed by atoms with van der Waals surface area (Å²) in [7, 11) is 0. The third-order valence-corrected chi connectivity index (χ3v) is 5.39. The van der Waals surface area contributed by atoms with Gasteiger partial charge in [-0.15, -0.1) is 0 Å². The van der Waals surface area contributed by atoms with Crippen molar-refractivity contribution in [3.8, 4) is 0 Å². The third-order valence-electron chi connectivity index (χ3n) is 5.39. The van der Waals surface area contributed by atoms with Crippen LogP contribution in [0.25, 0.3) is 0 Å². The second kappa shape index (κ2) is 7.64. The van der Waals surface area contributed by atoms with E-state index in [-0.39, 0.29) is 0 Å². The predicted molar refractivity (Wildman–Crippen MR) is 81.4 cm³/mol. The highest BCUT2D eigenvalue weighted by Gasteiger charge is 2.36. The zero-order valence-electron chi connectivity index (χ0n) is 13.0. The molecule has 1 saturated carbocycles. The Morgan fingerprint density at radius 2 is 1.84 bits per heavy atom. The van der Waals surface area contributed by atoms with Crippen molar-refractivity contribution in [1.82, 2.24) is 5.32 Å². The summed E-state index contributed by atoms with van der Waals surface area (Å²) in [4.78, 5) is 0. The predicted octanol–water partition coefficient (Wildman–Crippen LogP) is 4.14. The van der Waals surface area contributed by atoms with Crippen molar-refractivity contribution in [1.29, 1.82) is 0 Å². The molecule has 0 radical (unpaired) electrons. The molecule has 19 heavy (non-hydrogen) atoms. The number of ether oxygens (including phenoxy) is 1. The minimum Gasteiger partial charge on any atom is -0.381 e. The van der Waals surface area contributed by atoms with Crippen LogP contribution in [0.15, 0.2) is 0 Å². The molecule has 2 aliphatic rings. The van der Waals surface area contributed by atoms with Gasteiger partial charge in [0.2, 0.25) is 0 Å². The maximum absolute atomic E-state index is 5.51. The Morgan fingerprint density at radius 1 is 1.16 bits per heavy atom. The van der Waals surface area contributed by atoms with Gasteiger partial charge in [-0.25, -0.2) is 0 Å². The Kier molecular flexibility index (Phi) is 6.15. The van der Waals surface area contributed by atoms with Gasteiger partial charge in [0.25, 0.3) is 0 Å². The Bertz CT molecular complexity index is 242. The van der Waals surface area contributed by atoms with Crippen LogP contribution >= 0.6 is 0 Å². The largest absolute Gasteiger partial charge is 0.381 e. The van der Waals surface area contributed by atoms with Crippen LogP contribution in [0, 0.1) is 11.3 Å². The zero-order chi connectivity index (χ0) is 13.6. The lowest BCUT2D eigenvalue weighted by atomic mass is 9.68. The molecule has 1 unspecified atom stereocenters. The summed E-state index contributed by atoms with van der Waals surface area (Å²) in [6.45, 7) is 7.98. The molecule has 112 valence electrons. The van der Waals surface area contributed by atoms with Crippen molar-refractivity contribution < 1.29 is 4.74 Å². The maximum atomic E-state index is 5.51. The highest BCUT2D eigenvalue weighted by molar-refractivity contribution is 4.91. The molecule has 0 aromatic rings. The first kappa shape index (κ1) is 15.3. The third kappa shape index (κ3) is 4.46. The van der Waals surface area contributed by atoms with Crippen molar-refractivity contribution in [2.45, 2.75) is 77.7 Å². The van der Waals surface area contributed by atoms with Crippen molar-refractivity contribution in [2.24, 2.45) is 11.3 Å². The van der Waals surface area contributed by atoms with Gasteiger partial charge < -0.3 is 10.1 Å². The van der Waals surface area contributed by atoms with E-state index in [1.807, 2.05) is 0 Å². The first-order valence-electron chi connectivity index (χ1n) is 8.56. The quantitative estimate of drug-likeness (QED) is 0.781. The highest BCUT2D eigenvalue weighted by Crippen LogP contribution is 2.41. The van der Waals surface area contributed by atoms with E-state index in [9.17, 15) is 0 Å². The lowest BCUT2D eigenvalue weighted by molar-refractivity contribution is 0.0463. The molecule has 2 rings (SSSR count). The summed E-state index contributed by atoms with van der Waals surface area (Å²) in [6.07, 6.45) is 12.4. The fourth-order valence-corrected chi connectivity index (χ4v) is 3.96. The van der Waals surface area contributed by atoms with Gasteiger partial charge in [-0.1, -0.05) is 33.1 Å². The Hall–Kier alpha value is -0.0800. The van der Waals surface area contributed by atoms with Gasteiger partial charge in [-0.3, -0.25) is 0 Å². The summed E-state index contributed by atoms with van der Waals surface area (Å²) in [5.74, 6) is 0.891. The maximum Gasteiger partial charge on any atom is 0.0468 e. The molecule has 1 heterocycles. The Balaban J connectivity index is 1.93. The minimum atomic E-state index is 0.547. The van der Waals surface area contributed by atoms with E-state index >= 15 is 0 Å². The average molecular weight is 267 g/mol. The van der Waals surface area contributed by atoms with Crippen LogP contribution in [0.3, 0.4) is 0 Å². The molecule has 2 heteroatoms. The van der Waals surface area contributed by atoms with E-state index in [0.717, 1.165) is 25.2 Å². The van der Waals surface area contributed by atoms with Gasteiger partial charge in [0.05, 0.1) is 0 Å². The van der Waals surface area contributed by atoms with Crippen LogP contribution in [-0.2, 0) is 4.74 Å². The van der Waals surface area contributed by atoms with Crippen molar-refractivity contribution in [3.05, 3.63) is 0 Å². The Morgan fingerprint density at radius 3 is 2.47 bits per heavy atom. The molecule has 1 atom stereocenters. The van der Waals surface area contributed by atoms with E-state index in [0.29, 0.717) is 5.41 Å². The smallest absolute Gasteiger partial charge is 0.0468 e. The molecular weight excluding hydrogens is 234 g/mol. The summed E-state index contributed by atoms with van der Waals surface area (Å²) in [5, 5.41) is 3.89. The standard InChI is InChI=1S/C17H33NO/c1-3-11-18-16(14-15-7-12-19-13-8-15)17(2)9-5-4-6-10-17/h15-16,18H,3-14H2,1-2H3. The monoisotopic (exact) mass is 267 g/mol. The highest BCUT2D eigenvalue weighted by atomic mass is 16.5. The lowest BCUT2D eigenvalue weighted by Crippen LogP contribution is -2.46. The summed E-state index contributed by atoms with van der Waals surface area (Å²) < 4.78 is 5.51. The van der Waals surface area contributed by atoms with Crippen molar-refractivity contribution in [2.75, 3.05) is 19.8 Å². The first-order valence-corrected chi connectivity index (χ1v) is 8.56. The van der Waals surface area contributed by atoms with Gasteiger partial charge in [-0.2, -0.15) is 0 Å². The zero-order valence-corrected chi connectivity index (χ0v) is 13.0.